The van der Waals surface area contributed by atoms with Gasteiger partial charge in [-0.1, -0.05) is 0 Å². The number of H-pyrrole nitrogens is 1. The molecule has 1 fully saturated rings. The summed E-state index contributed by atoms with van der Waals surface area (Å²) in [6.07, 6.45) is 3.80. The number of rotatable bonds is 4. The Kier molecular flexibility index (Phi) is 3.68. The number of hydrogen-bond acceptors (Lipinski definition) is 6. The van der Waals surface area contributed by atoms with Crippen LogP contribution >= 0.6 is 11.3 Å². The highest BCUT2D eigenvalue weighted by Gasteiger charge is 2.29. The monoisotopic (exact) mass is 343 g/mol. The second-order valence-electron chi connectivity index (χ2n) is 5.95. The molecule has 1 aliphatic rings. The molecule has 1 aliphatic heterocycles. The third-order valence-electron chi connectivity index (χ3n) is 4.22. The molecule has 0 bridgehead atoms. The highest BCUT2D eigenvalue weighted by atomic mass is 32.1. The van der Waals surface area contributed by atoms with Crippen molar-refractivity contribution in [3.63, 3.8) is 0 Å². The summed E-state index contributed by atoms with van der Waals surface area (Å²) < 4.78 is 6.09. The number of nitrogens with zero attached hydrogens (tertiary/aromatic N) is 3. The molecule has 0 unspecified atom stereocenters. The van der Waals surface area contributed by atoms with Gasteiger partial charge in [0.2, 0.25) is 11.8 Å². The largest absolute Gasteiger partial charge is 0.473 e. The summed E-state index contributed by atoms with van der Waals surface area (Å²) in [5.41, 5.74) is 2.37. The van der Waals surface area contributed by atoms with E-state index in [0.717, 1.165) is 21.1 Å². The molecule has 3 aromatic rings. The molecule has 1 saturated heterocycles. The molecule has 4 heterocycles. The van der Waals surface area contributed by atoms with Crippen LogP contribution in [0.3, 0.4) is 0 Å². The number of aromatic amines is 1. The summed E-state index contributed by atoms with van der Waals surface area (Å²) >= 11 is 1.59. The summed E-state index contributed by atoms with van der Waals surface area (Å²) in [7, 11) is 0. The zero-order valence-electron chi connectivity index (χ0n) is 13.4. The maximum atomic E-state index is 11.4. The second-order valence-corrected chi connectivity index (χ2v) is 7.18. The number of imidazole rings is 1. The van der Waals surface area contributed by atoms with Crippen molar-refractivity contribution >= 4 is 28.3 Å². The van der Waals surface area contributed by atoms with E-state index in [0.29, 0.717) is 24.4 Å². The number of carbonyl (C=O) groups excluding carboxylic acids is 1. The summed E-state index contributed by atoms with van der Waals surface area (Å²) in [4.78, 5) is 28.8. The number of thiazole rings is 1. The molecule has 2 N–H and O–H groups in total. The quantitative estimate of drug-likeness (QED) is 0.758. The molecular weight excluding hydrogens is 326 g/mol. The van der Waals surface area contributed by atoms with E-state index < -0.39 is 0 Å². The van der Waals surface area contributed by atoms with Crippen LogP contribution < -0.4 is 10.1 Å². The van der Waals surface area contributed by atoms with Gasteiger partial charge >= 0.3 is 0 Å². The lowest BCUT2D eigenvalue weighted by Gasteiger charge is -2.19. The van der Waals surface area contributed by atoms with Gasteiger partial charge in [-0.25, -0.2) is 15.0 Å². The topological polar surface area (TPSA) is 92.8 Å². The van der Waals surface area contributed by atoms with Crippen molar-refractivity contribution < 1.29 is 9.53 Å². The summed E-state index contributed by atoms with van der Waals surface area (Å²) in [6, 6.07) is 1.95. The van der Waals surface area contributed by atoms with Crippen LogP contribution in [-0.4, -0.2) is 38.5 Å². The van der Waals surface area contributed by atoms with E-state index in [-0.39, 0.29) is 17.9 Å². The van der Waals surface area contributed by atoms with Crippen LogP contribution in [0.2, 0.25) is 0 Å². The normalized spacial score (nSPS) is 18.8. The smallest absolute Gasteiger partial charge is 0.243 e. The van der Waals surface area contributed by atoms with E-state index in [4.69, 9.17) is 4.74 Å². The third-order valence-corrected chi connectivity index (χ3v) is 5.15. The lowest BCUT2D eigenvalue weighted by molar-refractivity contribution is -0.119. The Bertz CT molecular complexity index is 903. The first-order chi connectivity index (χ1) is 11.6. The van der Waals surface area contributed by atoms with Crippen molar-refractivity contribution in [3.8, 4) is 16.5 Å². The first kappa shape index (κ1) is 15.1. The molecule has 0 radical (unpaired) electrons. The highest BCUT2D eigenvalue weighted by Crippen LogP contribution is 2.31. The van der Waals surface area contributed by atoms with Crippen LogP contribution in [0, 0.1) is 12.8 Å². The molecule has 0 aliphatic carbocycles. The Morgan fingerprint density at radius 3 is 3.00 bits per heavy atom. The van der Waals surface area contributed by atoms with E-state index in [1.807, 2.05) is 26.1 Å². The first-order valence-corrected chi connectivity index (χ1v) is 8.62. The second kappa shape index (κ2) is 5.86. The number of aromatic nitrogens is 4. The van der Waals surface area contributed by atoms with Gasteiger partial charge in [0, 0.05) is 25.1 Å². The molecule has 1 amide bonds. The first-order valence-electron chi connectivity index (χ1n) is 7.80. The maximum Gasteiger partial charge on any atom is 0.243 e. The van der Waals surface area contributed by atoms with Gasteiger partial charge in [0.05, 0.1) is 27.4 Å². The molecule has 24 heavy (non-hydrogen) atoms. The SMILES string of the molecule is Cc1ncc(-c2cc3[nH]cnc3c(O[C@H](C)[C@H]3CNC(=O)C3)n2)s1. The van der Waals surface area contributed by atoms with Gasteiger partial charge in [-0.05, 0) is 19.9 Å². The van der Waals surface area contributed by atoms with Crippen LogP contribution in [0.4, 0.5) is 0 Å². The van der Waals surface area contributed by atoms with Gasteiger partial charge in [0.25, 0.3) is 0 Å². The van der Waals surface area contributed by atoms with Crippen LogP contribution in [0.5, 0.6) is 5.88 Å². The Morgan fingerprint density at radius 1 is 1.42 bits per heavy atom. The van der Waals surface area contributed by atoms with Crippen molar-refractivity contribution in [1.29, 1.82) is 0 Å². The Hall–Kier alpha value is -2.48. The van der Waals surface area contributed by atoms with Gasteiger partial charge in [-0.2, -0.15) is 0 Å². The van der Waals surface area contributed by atoms with Crippen molar-refractivity contribution in [2.75, 3.05) is 6.54 Å². The fourth-order valence-electron chi connectivity index (χ4n) is 2.84. The van der Waals surface area contributed by atoms with Gasteiger partial charge < -0.3 is 15.0 Å². The van der Waals surface area contributed by atoms with Crippen LogP contribution in [-0.2, 0) is 4.79 Å². The minimum absolute atomic E-state index is 0.0715. The van der Waals surface area contributed by atoms with Crippen LogP contribution in [0.25, 0.3) is 21.6 Å². The average Bonchev–Trinajstić information content (AvgIpc) is 3.27. The van der Waals surface area contributed by atoms with Crippen LogP contribution in [0.1, 0.15) is 18.4 Å². The zero-order valence-corrected chi connectivity index (χ0v) is 14.2. The molecule has 124 valence electrons. The van der Waals surface area contributed by atoms with Crippen molar-refractivity contribution in [2.45, 2.75) is 26.4 Å². The fourth-order valence-corrected chi connectivity index (χ4v) is 3.57. The van der Waals surface area contributed by atoms with E-state index in [2.05, 4.69) is 25.3 Å². The number of amides is 1. The lowest BCUT2D eigenvalue weighted by atomic mass is 10.0. The minimum atomic E-state index is -0.130. The number of carbonyl (C=O) groups is 1. The van der Waals surface area contributed by atoms with E-state index >= 15 is 0 Å². The van der Waals surface area contributed by atoms with Crippen molar-refractivity contribution in [3.05, 3.63) is 23.6 Å². The zero-order chi connectivity index (χ0) is 16.7. The lowest BCUT2D eigenvalue weighted by Crippen LogP contribution is -2.26. The highest BCUT2D eigenvalue weighted by molar-refractivity contribution is 7.15. The number of ether oxygens (including phenoxy) is 1. The predicted molar refractivity (Wildman–Crippen MR) is 90.9 cm³/mol. The minimum Gasteiger partial charge on any atom is -0.473 e. The van der Waals surface area contributed by atoms with Gasteiger partial charge in [0.15, 0.2) is 5.52 Å². The molecule has 4 rings (SSSR count). The third kappa shape index (κ3) is 2.73. The van der Waals surface area contributed by atoms with Crippen molar-refractivity contribution in [1.82, 2.24) is 25.3 Å². The molecule has 2 atom stereocenters. The van der Waals surface area contributed by atoms with Gasteiger partial charge in [-0.3, -0.25) is 4.79 Å². The summed E-state index contributed by atoms with van der Waals surface area (Å²) in [5, 5.41) is 3.83. The summed E-state index contributed by atoms with van der Waals surface area (Å²) in [5.74, 6) is 0.700. The Labute approximate surface area is 142 Å². The van der Waals surface area contributed by atoms with E-state index in [1.54, 1.807) is 17.7 Å². The average molecular weight is 343 g/mol. The molecule has 0 saturated carbocycles. The number of fused-ring (bicyclic) bond motifs is 1. The Balaban J connectivity index is 1.68. The molecule has 3 aromatic heterocycles. The van der Waals surface area contributed by atoms with E-state index in [1.165, 1.54) is 0 Å². The number of aryl methyl sites for hydroxylation is 1. The van der Waals surface area contributed by atoms with Gasteiger partial charge in [0.1, 0.15) is 6.10 Å². The molecule has 7 nitrogen and oxygen atoms in total. The molecule has 0 spiro atoms. The maximum absolute atomic E-state index is 11.4. The molecule has 0 aromatic carbocycles. The standard InChI is InChI=1S/C16H17N5O2S/c1-8(10-3-14(22)18-5-10)23-16-15-12(19-7-20-15)4-11(21-16)13-6-17-9(2)24-13/h4,6-8,10H,3,5H2,1-2H3,(H,18,22)(H,19,20)/t8-,10-/m1/s1. The number of nitrogens with one attached hydrogen (secondary N) is 2. The molecule has 8 heteroatoms. The van der Waals surface area contributed by atoms with Crippen LogP contribution in [0.15, 0.2) is 18.6 Å². The van der Waals surface area contributed by atoms with Gasteiger partial charge in [-0.15, -0.1) is 11.3 Å². The van der Waals surface area contributed by atoms with E-state index in [9.17, 15) is 4.79 Å². The fraction of sp³-hybridized carbons (Fsp3) is 0.375. The Morgan fingerprint density at radius 2 is 2.29 bits per heavy atom. The molecular formula is C16H17N5O2S. The number of hydrogen-bond donors (Lipinski definition) is 2. The summed E-state index contributed by atoms with van der Waals surface area (Å²) in [6.45, 7) is 4.57. The predicted octanol–water partition coefficient (Wildman–Crippen LogP) is 2.29. The van der Waals surface area contributed by atoms with Crippen molar-refractivity contribution in [2.24, 2.45) is 5.92 Å². The number of pyridine rings is 1.